The fraction of sp³-hybridized carbons (Fsp3) is 0.333. The van der Waals surface area contributed by atoms with Gasteiger partial charge in [-0.1, -0.05) is 30.9 Å². The molecule has 1 aromatic rings. The molecule has 1 atom stereocenters. The summed E-state index contributed by atoms with van der Waals surface area (Å²) in [5.41, 5.74) is 0.0103. The van der Waals surface area contributed by atoms with E-state index in [0.29, 0.717) is 6.42 Å². The second-order valence-corrected chi connectivity index (χ2v) is 4.21. The first-order valence-corrected chi connectivity index (χ1v) is 5.34. The second-order valence-electron chi connectivity index (χ2n) is 3.36. The minimum absolute atomic E-state index is 0.629. The van der Waals surface area contributed by atoms with Gasteiger partial charge in [0.05, 0.1) is 0 Å². The van der Waals surface area contributed by atoms with E-state index in [0.717, 1.165) is 10.0 Å². The maximum Gasteiger partial charge on any atom is 0.122 e. The molecule has 2 heteroatoms. The number of hydrogen-bond donors (Lipinski definition) is 1. The first kappa shape index (κ1) is 11.3. The zero-order valence-corrected chi connectivity index (χ0v) is 9.93. The molecule has 1 nitrogen and oxygen atoms in total. The van der Waals surface area contributed by atoms with Crippen LogP contribution in [0.1, 0.15) is 25.8 Å². The van der Waals surface area contributed by atoms with Crippen LogP contribution in [-0.2, 0) is 0 Å². The van der Waals surface area contributed by atoms with Gasteiger partial charge in [-0.05, 0) is 41.4 Å². The van der Waals surface area contributed by atoms with Crippen LogP contribution in [0.2, 0.25) is 0 Å². The lowest BCUT2D eigenvalue weighted by molar-refractivity contribution is 0.118. The molecule has 14 heavy (non-hydrogen) atoms. The first-order chi connectivity index (χ1) is 6.55. The number of hydrogen-bond acceptors (Lipinski definition) is 1. The maximum atomic E-state index is 9.69. The summed E-state index contributed by atoms with van der Waals surface area (Å²) in [5.74, 6) is 5.80. The highest BCUT2D eigenvalue weighted by molar-refractivity contribution is 9.10. The summed E-state index contributed by atoms with van der Waals surface area (Å²) in [6, 6.07) is 7.72. The van der Waals surface area contributed by atoms with Gasteiger partial charge >= 0.3 is 0 Å². The zero-order valence-electron chi connectivity index (χ0n) is 8.34. The van der Waals surface area contributed by atoms with Crippen LogP contribution in [0.25, 0.3) is 0 Å². The van der Waals surface area contributed by atoms with E-state index in [1.54, 1.807) is 6.92 Å². The molecule has 0 spiro atoms. The van der Waals surface area contributed by atoms with Crippen LogP contribution in [0.3, 0.4) is 0 Å². The molecule has 74 valence electrons. The number of rotatable bonds is 1. The van der Waals surface area contributed by atoms with Gasteiger partial charge in [-0.2, -0.15) is 0 Å². The molecule has 0 radical (unpaired) electrons. The van der Waals surface area contributed by atoms with E-state index < -0.39 is 5.60 Å². The summed E-state index contributed by atoms with van der Waals surface area (Å²) in [4.78, 5) is 0. The smallest absolute Gasteiger partial charge is 0.122 e. The van der Waals surface area contributed by atoms with E-state index >= 15 is 0 Å². The number of aliphatic hydroxyl groups is 1. The summed E-state index contributed by atoms with van der Waals surface area (Å²) in [6.45, 7) is 3.63. The Hall–Kier alpha value is -0.780. The summed E-state index contributed by atoms with van der Waals surface area (Å²) >= 11 is 3.40. The monoisotopic (exact) mass is 252 g/mol. The van der Waals surface area contributed by atoms with E-state index in [-0.39, 0.29) is 0 Å². The predicted octanol–water partition coefficient (Wildman–Crippen LogP) is 2.96. The van der Waals surface area contributed by atoms with Crippen molar-refractivity contribution in [3.8, 4) is 11.8 Å². The van der Waals surface area contributed by atoms with Crippen LogP contribution in [0.5, 0.6) is 0 Å². The van der Waals surface area contributed by atoms with E-state index in [9.17, 15) is 5.11 Å². The van der Waals surface area contributed by atoms with Gasteiger partial charge in [-0.15, -0.1) is 0 Å². The molecular weight excluding hydrogens is 240 g/mol. The fourth-order valence-corrected chi connectivity index (χ4v) is 1.24. The van der Waals surface area contributed by atoms with Crippen LogP contribution in [-0.4, -0.2) is 10.7 Å². The first-order valence-electron chi connectivity index (χ1n) is 4.55. The Morgan fingerprint density at radius 1 is 1.43 bits per heavy atom. The number of benzene rings is 1. The van der Waals surface area contributed by atoms with Crippen molar-refractivity contribution in [1.82, 2.24) is 0 Å². The normalized spacial score (nSPS) is 14.0. The molecule has 0 heterocycles. The van der Waals surface area contributed by atoms with Gasteiger partial charge < -0.3 is 5.11 Å². The Labute approximate surface area is 93.3 Å². The summed E-state index contributed by atoms with van der Waals surface area (Å²) in [5, 5.41) is 9.69. The second kappa shape index (κ2) is 4.63. The molecular formula is C12H13BrO. The molecule has 0 saturated carbocycles. The van der Waals surface area contributed by atoms with Crippen molar-refractivity contribution in [3.05, 3.63) is 34.3 Å². The highest BCUT2D eigenvalue weighted by atomic mass is 79.9. The quantitative estimate of drug-likeness (QED) is 0.763. The Bertz CT molecular complexity index is 371. The average Bonchev–Trinajstić information content (AvgIpc) is 2.17. The van der Waals surface area contributed by atoms with Crippen molar-refractivity contribution in [1.29, 1.82) is 0 Å². The van der Waals surface area contributed by atoms with Gasteiger partial charge in [-0.3, -0.25) is 0 Å². The van der Waals surface area contributed by atoms with Crippen molar-refractivity contribution in [2.75, 3.05) is 0 Å². The molecule has 0 aliphatic carbocycles. The van der Waals surface area contributed by atoms with E-state index in [1.165, 1.54) is 0 Å². The molecule has 0 saturated heterocycles. The van der Waals surface area contributed by atoms with Crippen LogP contribution < -0.4 is 0 Å². The Morgan fingerprint density at radius 3 is 2.64 bits per heavy atom. The van der Waals surface area contributed by atoms with E-state index in [1.807, 2.05) is 31.2 Å². The van der Waals surface area contributed by atoms with Gasteiger partial charge in [0.25, 0.3) is 0 Å². The molecule has 0 aliphatic rings. The third-order valence-electron chi connectivity index (χ3n) is 2.03. The van der Waals surface area contributed by atoms with Crippen molar-refractivity contribution in [2.24, 2.45) is 0 Å². The molecule has 0 aliphatic heterocycles. The maximum absolute atomic E-state index is 9.69. The van der Waals surface area contributed by atoms with Crippen LogP contribution >= 0.6 is 15.9 Å². The molecule has 1 unspecified atom stereocenters. The SMILES string of the molecule is CCC(C)(O)C#Cc1ccccc1Br. The van der Waals surface area contributed by atoms with Gasteiger partial charge in [-0.25, -0.2) is 0 Å². The van der Waals surface area contributed by atoms with Crippen molar-refractivity contribution in [3.63, 3.8) is 0 Å². The summed E-state index contributed by atoms with van der Waals surface area (Å²) < 4.78 is 0.958. The highest BCUT2D eigenvalue weighted by Gasteiger charge is 2.12. The van der Waals surface area contributed by atoms with E-state index in [4.69, 9.17) is 0 Å². The zero-order chi connectivity index (χ0) is 10.6. The molecule has 1 N–H and O–H groups in total. The lowest BCUT2D eigenvalue weighted by atomic mass is 10.0. The van der Waals surface area contributed by atoms with Crippen molar-refractivity contribution >= 4 is 15.9 Å². The van der Waals surface area contributed by atoms with Gasteiger partial charge in [0.1, 0.15) is 5.60 Å². The van der Waals surface area contributed by atoms with Crippen molar-refractivity contribution < 1.29 is 5.11 Å². The minimum atomic E-state index is -0.894. The Kier molecular flexibility index (Phi) is 3.74. The molecule has 1 aromatic carbocycles. The van der Waals surface area contributed by atoms with Gasteiger partial charge in [0.2, 0.25) is 0 Å². The number of halogens is 1. The third kappa shape index (κ3) is 3.17. The average molecular weight is 253 g/mol. The fourth-order valence-electron chi connectivity index (χ4n) is 0.853. The Morgan fingerprint density at radius 2 is 2.07 bits per heavy atom. The standard InChI is InChI=1S/C12H13BrO/c1-3-12(2,14)9-8-10-6-4-5-7-11(10)13/h4-7,14H,3H2,1-2H3. The van der Waals surface area contributed by atoms with Gasteiger partial charge in [0, 0.05) is 10.0 Å². The molecule has 0 bridgehead atoms. The summed E-state index contributed by atoms with van der Waals surface area (Å²) in [7, 11) is 0. The third-order valence-corrected chi connectivity index (χ3v) is 2.72. The molecule has 0 fully saturated rings. The van der Waals surface area contributed by atoms with Crippen LogP contribution in [0, 0.1) is 11.8 Å². The minimum Gasteiger partial charge on any atom is -0.378 e. The predicted molar refractivity (Wildman–Crippen MR) is 61.9 cm³/mol. The van der Waals surface area contributed by atoms with Crippen molar-refractivity contribution in [2.45, 2.75) is 25.9 Å². The highest BCUT2D eigenvalue weighted by Crippen LogP contribution is 2.15. The summed E-state index contributed by atoms with van der Waals surface area (Å²) in [6.07, 6.45) is 0.629. The molecule has 0 aromatic heterocycles. The lowest BCUT2D eigenvalue weighted by Crippen LogP contribution is -2.19. The Balaban J connectivity index is 2.94. The molecule has 1 rings (SSSR count). The van der Waals surface area contributed by atoms with Gasteiger partial charge in [0.15, 0.2) is 0 Å². The lowest BCUT2D eigenvalue weighted by Gasteiger charge is -2.11. The largest absolute Gasteiger partial charge is 0.378 e. The van der Waals surface area contributed by atoms with Crippen LogP contribution in [0.15, 0.2) is 28.7 Å². The topological polar surface area (TPSA) is 20.2 Å². The van der Waals surface area contributed by atoms with Crippen LogP contribution in [0.4, 0.5) is 0 Å². The van der Waals surface area contributed by atoms with E-state index in [2.05, 4.69) is 27.8 Å². The molecule has 0 amide bonds.